The lowest BCUT2D eigenvalue weighted by Crippen LogP contribution is -2.24. The Kier molecular flexibility index (Phi) is 3.23. The molecule has 126 valence electrons. The van der Waals surface area contributed by atoms with Crippen LogP contribution in [0.25, 0.3) is 0 Å². The van der Waals surface area contributed by atoms with Crippen LogP contribution in [0.1, 0.15) is 53.5 Å². The molecule has 3 heterocycles. The van der Waals surface area contributed by atoms with Crippen molar-refractivity contribution in [2.45, 2.75) is 37.6 Å². The molecular weight excluding hydrogens is 314 g/mol. The van der Waals surface area contributed by atoms with Crippen LogP contribution < -0.4 is 5.32 Å². The van der Waals surface area contributed by atoms with Gasteiger partial charge in [0.1, 0.15) is 0 Å². The third-order valence-electron chi connectivity index (χ3n) is 5.14. The zero-order valence-corrected chi connectivity index (χ0v) is 13.8. The number of nitrogens with one attached hydrogen (secondary N) is 2. The summed E-state index contributed by atoms with van der Waals surface area (Å²) in [5.74, 6) is 1.34. The zero-order valence-electron chi connectivity index (χ0n) is 13.8. The standard InChI is InChI=1S/C19H19N5O/c25-16-10-15(17-18(12-6-7-12)22-23-19(17)21-16)14-5-2-1-4-13(14)11-24-9-3-8-20-24/h1-5,8-9,12,15H,6-7,10-11H2,(H2,21,22,23,25). The molecule has 2 aromatic heterocycles. The highest BCUT2D eigenvalue weighted by atomic mass is 16.1. The van der Waals surface area contributed by atoms with E-state index in [1.807, 2.05) is 29.1 Å². The molecule has 5 rings (SSSR count). The van der Waals surface area contributed by atoms with Crippen LogP contribution in [0.4, 0.5) is 5.82 Å². The summed E-state index contributed by atoms with van der Waals surface area (Å²) in [5.41, 5.74) is 4.76. The monoisotopic (exact) mass is 333 g/mol. The number of aromatic nitrogens is 4. The quantitative estimate of drug-likeness (QED) is 0.770. The maximum absolute atomic E-state index is 12.3. The Bertz CT molecular complexity index is 923. The van der Waals surface area contributed by atoms with E-state index in [1.165, 1.54) is 35.2 Å². The maximum atomic E-state index is 12.3. The minimum Gasteiger partial charge on any atom is -0.309 e. The molecule has 0 radical (unpaired) electrons. The van der Waals surface area contributed by atoms with Crippen molar-refractivity contribution in [2.75, 3.05) is 5.32 Å². The predicted octanol–water partition coefficient (Wildman–Crippen LogP) is 3.01. The van der Waals surface area contributed by atoms with E-state index in [0.29, 0.717) is 24.7 Å². The highest BCUT2D eigenvalue weighted by Gasteiger charge is 2.37. The highest BCUT2D eigenvalue weighted by molar-refractivity contribution is 5.94. The van der Waals surface area contributed by atoms with Gasteiger partial charge in [0.15, 0.2) is 5.82 Å². The topological polar surface area (TPSA) is 75.6 Å². The molecule has 1 aliphatic carbocycles. The van der Waals surface area contributed by atoms with Gasteiger partial charge >= 0.3 is 0 Å². The molecule has 1 saturated carbocycles. The van der Waals surface area contributed by atoms with Crippen LogP contribution in [-0.4, -0.2) is 25.9 Å². The molecular formula is C19H19N5O. The van der Waals surface area contributed by atoms with Gasteiger partial charge in [0.25, 0.3) is 0 Å². The van der Waals surface area contributed by atoms with E-state index >= 15 is 0 Å². The summed E-state index contributed by atoms with van der Waals surface area (Å²) in [6, 6.07) is 10.3. The molecule has 2 N–H and O–H groups in total. The summed E-state index contributed by atoms with van der Waals surface area (Å²) < 4.78 is 1.92. The van der Waals surface area contributed by atoms with Gasteiger partial charge in [-0.25, -0.2) is 0 Å². The Morgan fingerprint density at radius 2 is 2.08 bits per heavy atom. The number of anilines is 1. The summed E-state index contributed by atoms with van der Waals surface area (Å²) in [7, 11) is 0. The van der Waals surface area contributed by atoms with Crippen LogP contribution in [0, 0.1) is 0 Å². The van der Waals surface area contributed by atoms with Gasteiger partial charge < -0.3 is 5.32 Å². The molecule has 0 spiro atoms. The van der Waals surface area contributed by atoms with E-state index in [0.717, 1.165) is 0 Å². The van der Waals surface area contributed by atoms with Crippen LogP contribution in [0.15, 0.2) is 42.7 Å². The molecule has 0 saturated heterocycles. The van der Waals surface area contributed by atoms with Gasteiger partial charge in [-0.15, -0.1) is 0 Å². The van der Waals surface area contributed by atoms with Gasteiger partial charge in [0, 0.05) is 41.9 Å². The molecule has 1 aliphatic heterocycles. The van der Waals surface area contributed by atoms with E-state index in [1.54, 1.807) is 6.20 Å². The second kappa shape index (κ2) is 5.58. The average Bonchev–Trinajstić information content (AvgIpc) is 3.16. The SMILES string of the molecule is O=C1CC(c2ccccc2Cn2cccn2)c2c(n[nH]c2C2CC2)N1. The van der Waals surface area contributed by atoms with Gasteiger partial charge in [0.2, 0.25) is 5.91 Å². The molecule has 1 fully saturated rings. The van der Waals surface area contributed by atoms with Crippen molar-refractivity contribution in [3.05, 3.63) is 65.1 Å². The summed E-state index contributed by atoms with van der Waals surface area (Å²) >= 11 is 0. The summed E-state index contributed by atoms with van der Waals surface area (Å²) in [4.78, 5) is 12.3. The molecule has 1 amide bonds. The molecule has 1 unspecified atom stereocenters. The van der Waals surface area contributed by atoms with Gasteiger partial charge in [-0.3, -0.25) is 14.6 Å². The molecule has 6 heteroatoms. The van der Waals surface area contributed by atoms with Crippen molar-refractivity contribution >= 4 is 11.7 Å². The number of aromatic amines is 1. The lowest BCUT2D eigenvalue weighted by atomic mass is 9.82. The number of carbonyl (C=O) groups is 1. The van der Waals surface area contributed by atoms with Crippen LogP contribution >= 0.6 is 0 Å². The summed E-state index contributed by atoms with van der Waals surface area (Å²) in [6.45, 7) is 0.702. The van der Waals surface area contributed by atoms with Crippen molar-refractivity contribution in [1.29, 1.82) is 0 Å². The van der Waals surface area contributed by atoms with Crippen LogP contribution in [0.2, 0.25) is 0 Å². The first-order chi connectivity index (χ1) is 12.3. The van der Waals surface area contributed by atoms with Crippen molar-refractivity contribution in [3.8, 4) is 0 Å². The lowest BCUT2D eigenvalue weighted by Gasteiger charge is -2.25. The Morgan fingerprint density at radius 3 is 2.88 bits per heavy atom. The second-order valence-electron chi connectivity index (χ2n) is 6.88. The number of hydrogen-bond donors (Lipinski definition) is 2. The number of fused-ring (bicyclic) bond motifs is 1. The minimum absolute atomic E-state index is 0.0280. The Labute approximate surface area is 145 Å². The minimum atomic E-state index is 0.0280. The van der Waals surface area contributed by atoms with Crippen molar-refractivity contribution in [2.24, 2.45) is 0 Å². The largest absolute Gasteiger partial charge is 0.309 e. The molecule has 25 heavy (non-hydrogen) atoms. The van der Waals surface area contributed by atoms with Gasteiger partial charge in [-0.2, -0.15) is 10.2 Å². The number of rotatable bonds is 4. The number of nitrogens with zero attached hydrogens (tertiary/aromatic N) is 3. The van der Waals surface area contributed by atoms with Gasteiger partial charge in [-0.05, 0) is 30.0 Å². The number of carbonyl (C=O) groups excluding carboxylic acids is 1. The fourth-order valence-corrected chi connectivity index (χ4v) is 3.82. The predicted molar refractivity (Wildman–Crippen MR) is 93.4 cm³/mol. The Morgan fingerprint density at radius 1 is 1.20 bits per heavy atom. The second-order valence-corrected chi connectivity index (χ2v) is 6.88. The lowest BCUT2D eigenvalue weighted by molar-refractivity contribution is -0.116. The van der Waals surface area contributed by atoms with Crippen LogP contribution in [0.3, 0.4) is 0 Å². The first-order valence-electron chi connectivity index (χ1n) is 8.73. The molecule has 3 aromatic rings. The average molecular weight is 333 g/mol. The van der Waals surface area contributed by atoms with E-state index in [-0.39, 0.29) is 11.8 Å². The Hall–Kier alpha value is -2.89. The van der Waals surface area contributed by atoms with Crippen molar-refractivity contribution < 1.29 is 4.79 Å². The fourth-order valence-electron chi connectivity index (χ4n) is 3.82. The van der Waals surface area contributed by atoms with Crippen LogP contribution in [-0.2, 0) is 11.3 Å². The van der Waals surface area contributed by atoms with Gasteiger partial charge in [-0.1, -0.05) is 24.3 Å². The van der Waals surface area contributed by atoms with Gasteiger partial charge in [0.05, 0.1) is 6.54 Å². The van der Waals surface area contributed by atoms with E-state index in [9.17, 15) is 4.79 Å². The van der Waals surface area contributed by atoms with E-state index in [4.69, 9.17) is 0 Å². The third-order valence-corrected chi connectivity index (χ3v) is 5.14. The number of hydrogen-bond acceptors (Lipinski definition) is 3. The molecule has 6 nitrogen and oxygen atoms in total. The summed E-state index contributed by atoms with van der Waals surface area (Å²) in [6.07, 6.45) is 6.61. The van der Waals surface area contributed by atoms with E-state index < -0.39 is 0 Å². The first kappa shape index (κ1) is 14.5. The fraction of sp³-hybridized carbons (Fsp3) is 0.316. The molecule has 2 aliphatic rings. The highest BCUT2D eigenvalue weighted by Crippen LogP contribution is 2.48. The Balaban J connectivity index is 1.60. The van der Waals surface area contributed by atoms with Crippen molar-refractivity contribution in [3.63, 3.8) is 0 Å². The number of H-pyrrole nitrogens is 1. The molecule has 1 atom stereocenters. The molecule has 0 bridgehead atoms. The van der Waals surface area contributed by atoms with Crippen LogP contribution in [0.5, 0.6) is 0 Å². The smallest absolute Gasteiger partial charge is 0.226 e. The summed E-state index contributed by atoms with van der Waals surface area (Å²) in [5, 5.41) is 14.8. The third kappa shape index (κ3) is 2.54. The maximum Gasteiger partial charge on any atom is 0.226 e. The zero-order chi connectivity index (χ0) is 16.8. The number of amides is 1. The number of benzene rings is 1. The first-order valence-corrected chi connectivity index (χ1v) is 8.73. The normalized spacial score (nSPS) is 19.5. The van der Waals surface area contributed by atoms with E-state index in [2.05, 4.69) is 32.7 Å². The molecule has 1 aromatic carbocycles. The van der Waals surface area contributed by atoms with Crippen molar-refractivity contribution in [1.82, 2.24) is 20.0 Å².